The topological polar surface area (TPSA) is 21.3 Å². The van der Waals surface area contributed by atoms with Gasteiger partial charge in [0.1, 0.15) is 5.75 Å². The molecule has 0 heterocycles. The highest BCUT2D eigenvalue weighted by Gasteiger charge is 2.17. The number of methoxy groups -OCH3 is 1. The van der Waals surface area contributed by atoms with Crippen LogP contribution in [0, 0.1) is 0 Å². The summed E-state index contributed by atoms with van der Waals surface area (Å²) in [7, 11) is 1.69. The summed E-state index contributed by atoms with van der Waals surface area (Å²) in [5, 5.41) is 4.66. The maximum absolute atomic E-state index is 6.36. The van der Waals surface area contributed by atoms with Crippen LogP contribution in [0.1, 0.15) is 24.1 Å². The van der Waals surface area contributed by atoms with Gasteiger partial charge in [-0.1, -0.05) is 60.5 Å². The van der Waals surface area contributed by atoms with Crippen molar-refractivity contribution in [1.29, 1.82) is 0 Å². The molecule has 4 heteroatoms. The average Bonchev–Trinajstić information content (AvgIpc) is 2.50. The van der Waals surface area contributed by atoms with Gasteiger partial charge in [-0.05, 0) is 36.2 Å². The Morgan fingerprint density at radius 3 is 2.57 bits per heavy atom. The van der Waals surface area contributed by atoms with Crippen LogP contribution in [-0.4, -0.2) is 13.7 Å². The second-order valence-corrected chi connectivity index (χ2v) is 5.55. The monoisotopic (exact) mass is 323 g/mol. The zero-order chi connectivity index (χ0) is 15.2. The van der Waals surface area contributed by atoms with Crippen LogP contribution in [0.2, 0.25) is 10.0 Å². The van der Waals surface area contributed by atoms with Gasteiger partial charge in [-0.25, -0.2) is 0 Å². The number of hydrogen-bond acceptors (Lipinski definition) is 2. The van der Waals surface area contributed by atoms with Crippen LogP contribution >= 0.6 is 23.2 Å². The molecule has 112 valence electrons. The predicted octanol–water partition coefficient (Wildman–Crippen LogP) is 4.90. The predicted molar refractivity (Wildman–Crippen MR) is 89.6 cm³/mol. The van der Waals surface area contributed by atoms with E-state index >= 15 is 0 Å². The second-order valence-electron chi connectivity index (χ2n) is 4.77. The molecule has 21 heavy (non-hydrogen) atoms. The Balaban J connectivity index is 2.33. The van der Waals surface area contributed by atoms with E-state index < -0.39 is 0 Å². The summed E-state index contributed by atoms with van der Waals surface area (Å²) in [6.07, 6.45) is 0.790. The van der Waals surface area contributed by atoms with Gasteiger partial charge in [0.25, 0.3) is 0 Å². The van der Waals surface area contributed by atoms with Crippen molar-refractivity contribution in [2.24, 2.45) is 0 Å². The summed E-state index contributed by atoms with van der Waals surface area (Å²) in [5.74, 6) is 0.888. The number of benzene rings is 2. The summed E-state index contributed by atoms with van der Waals surface area (Å²) in [5.41, 5.74) is 2.15. The lowest BCUT2D eigenvalue weighted by molar-refractivity contribution is 0.405. The summed E-state index contributed by atoms with van der Waals surface area (Å²) >= 11 is 12.5. The van der Waals surface area contributed by atoms with E-state index in [9.17, 15) is 0 Å². The van der Waals surface area contributed by atoms with Gasteiger partial charge in [-0.3, -0.25) is 0 Å². The molecule has 0 amide bonds. The van der Waals surface area contributed by atoms with Gasteiger partial charge >= 0.3 is 0 Å². The van der Waals surface area contributed by atoms with E-state index in [-0.39, 0.29) is 6.04 Å². The average molecular weight is 324 g/mol. The standard InChI is InChI=1S/C17H19Cl2NO/c1-3-20-15(13-8-6-9-14(18)17(13)19)11-12-7-4-5-10-16(12)21-2/h4-10,15,20H,3,11H2,1-2H3. The molecule has 2 aromatic rings. The molecular formula is C17H19Cl2NO. The highest BCUT2D eigenvalue weighted by molar-refractivity contribution is 6.42. The van der Waals surface area contributed by atoms with Gasteiger partial charge in [0.2, 0.25) is 0 Å². The molecule has 0 aliphatic rings. The lowest BCUT2D eigenvalue weighted by Crippen LogP contribution is -2.23. The quantitative estimate of drug-likeness (QED) is 0.816. The molecule has 2 nitrogen and oxygen atoms in total. The molecule has 0 aliphatic heterocycles. The van der Waals surface area contributed by atoms with Crippen LogP contribution in [0.25, 0.3) is 0 Å². The van der Waals surface area contributed by atoms with Gasteiger partial charge in [0.15, 0.2) is 0 Å². The van der Waals surface area contributed by atoms with E-state index in [1.807, 2.05) is 30.3 Å². The zero-order valence-electron chi connectivity index (χ0n) is 12.2. The Morgan fingerprint density at radius 1 is 1.10 bits per heavy atom. The largest absolute Gasteiger partial charge is 0.496 e. The lowest BCUT2D eigenvalue weighted by Gasteiger charge is -2.21. The maximum atomic E-state index is 6.36. The second kappa shape index (κ2) is 7.69. The number of para-hydroxylation sites is 1. The molecule has 0 bridgehead atoms. The number of halogens is 2. The third-order valence-corrected chi connectivity index (χ3v) is 4.26. The van der Waals surface area contributed by atoms with E-state index in [1.54, 1.807) is 13.2 Å². The van der Waals surface area contributed by atoms with Crippen molar-refractivity contribution in [2.45, 2.75) is 19.4 Å². The minimum Gasteiger partial charge on any atom is -0.496 e. The van der Waals surface area contributed by atoms with E-state index in [2.05, 4.69) is 18.3 Å². The van der Waals surface area contributed by atoms with Crippen molar-refractivity contribution in [3.63, 3.8) is 0 Å². The van der Waals surface area contributed by atoms with Crippen LogP contribution in [-0.2, 0) is 6.42 Å². The molecule has 1 unspecified atom stereocenters. The maximum Gasteiger partial charge on any atom is 0.122 e. The van der Waals surface area contributed by atoms with Crippen LogP contribution in [0.15, 0.2) is 42.5 Å². The first-order valence-corrected chi connectivity index (χ1v) is 7.72. The van der Waals surface area contributed by atoms with Gasteiger partial charge in [0, 0.05) is 6.04 Å². The fourth-order valence-electron chi connectivity index (χ4n) is 2.42. The minimum atomic E-state index is 0.0949. The third-order valence-electron chi connectivity index (χ3n) is 3.42. The minimum absolute atomic E-state index is 0.0949. The summed E-state index contributed by atoms with van der Waals surface area (Å²) in [6, 6.07) is 13.9. The Morgan fingerprint density at radius 2 is 1.86 bits per heavy atom. The lowest BCUT2D eigenvalue weighted by atomic mass is 9.98. The molecule has 2 rings (SSSR count). The molecule has 1 atom stereocenters. The molecule has 0 aromatic heterocycles. The first-order valence-electron chi connectivity index (χ1n) is 6.96. The molecule has 0 saturated heterocycles. The highest BCUT2D eigenvalue weighted by Crippen LogP contribution is 2.33. The first kappa shape index (κ1) is 16.2. The Bertz CT molecular complexity index is 601. The molecule has 0 spiro atoms. The number of ether oxygens (including phenoxy) is 1. The fourth-order valence-corrected chi connectivity index (χ4v) is 2.86. The van der Waals surface area contributed by atoms with Crippen molar-refractivity contribution in [2.75, 3.05) is 13.7 Å². The molecule has 2 aromatic carbocycles. The smallest absolute Gasteiger partial charge is 0.122 e. The van der Waals surface area contributed by atoms with Gasteiger partial charge in [-0.2, -0.15) is 0 Å². The van der Waals surface area contributed by atoms with Crippen molar-refractivity contribution in [1.82, 2.24) is 5.32 Å². The van der Waals surface area contributed by atoms with Crippen LogP contribution in [0.5, 0.6) is 5.75 Å². The third kappa shape index (κ3) is 3.91. The fraction of sp³-hybridized carbons (Fsp3) is 0.294. The first-order chi connectivity index (χ1) is 10.2. The van der Waals surface area contributed by atoms with E-state index in [0.29, 0.717) is 10.0 Å². The summed E-state index contributed by atoms with van der Waals surface area (Å²) in [4.78, 5) is 0. The normalized spacial score (nSPS) is 12.2. The van der Waals surface area contributed by atoms with Crippen molar-refractivity contribution >= 4 is 23.2 Å². The van der Waals surface area contributed by atoms with Crippen molar-refractivity contribution in [3.05, 3.63) is 63.6 Å². The van der Waals surface area contributed by atoms with E-state index in [0.717, 1.165) is 29.8 Å². The van der Waals surface area contributed by atoms with E-state index in [4.69, 9.17) is 27.9 Å². The Hall–Kier alpha value is -1.22. The number of hydrogen-bond donors (Lipinski definition) is 1. The number of nitrogens with one attached hydrogen (secondary N) is 1. The molecule has 0 fully saturated rings. The molecular weight excluding hydrogens is 305 g/mol. The van der Waals surface area contributed by atoms with Crippen molar-refractivity contribution < 1.29 is 4.74 Å². The summed E-state index contributed by atoms with van der Waals surface area (Å²) in [6.45, 7) is 2.93. The molecule has 0 aliphatic carbocycles. The molecule has 0 radical (unpaired) electrons. The summed E-state index contributed by atoms with van der Waals surface area (Å²) < 4.78 is 5.43. The number of rotatable bonds is 6. The number of likely N-dealkylation sites (N-methyl/N-ethyl adjacent to an activating group) is 1. The van der Waals surface area contributed by atoms with Crippen LogP contribution in [0.3, 0.4) is 0 Å². The van der Waals surface area contributed by atoms with Gasteiger partial charge < -0.3 is 10.1 Å². The highest BCUT2D eigenvalue weighted by atomic mass is 35.5. The van der Waals surface area contributed by atoms with Gasteiger partial charge in [-0.15, -0.1) is 0 Å². The zero-order valence-corrected chi connectivity index (χ0v) is 13.7. The molecule has 0 saturated carbocycles. The van der Waals surface area contributed by atoms with Crippen LogP contribution < -0.4 is 10.1 Å². The van der Waals surface area contributed by atoms with Gasteiger partial charge in [0.05, 0.1) is 17.2 Å². The Labute approximate surface area is 136 Å². The van der Waals surface area contributed by atoms with E-state index in [1.165, 1.54) is 0 Å². The molecule has 1 N–H and O–H groups in total. The van der Waals surface area contributed by atoms with Crippen molar-refractivity contribution in [3.8, 4) is 5.75 Å². The van der Waals surface area contributed by atoms with Crippen LogP contribution in [0.4, 0.5) is 0 Å². The Kier molecular flexibility index (Phi) is 5.92. The SMILES string of the molecule is CCNC(Cc1ccccc1OC)c1cccc(Cl)c1Cl.